The quantitative estimate of drug-likeness (QED) is 0.792. The van der Waals surface area contributed by atoms with Gasteiger partial charge in [0.25, 0.3) is 0 Å². The summed E-state index contributed by atoms with van der Waals surface area (Å²) in [5.74, 6) is 0.227. The summed E-state index contributed by atoms with van der Waals surface area (Å²) in [7, 11) is 0. The van der Waals surface area contributed by atoms with Crippen molar-refractivity contribution in [3.63, 3.8) is 0 Å². The minimum Gasteiger partial charge on any atom is -0.352 e. The molecule has 0 bridgehead atoms. The van der Waals surface area contributed by atoms with Gasteiger partial charge in [0.2, 0.25) is 5.91 Å². The second kappa shape index (κ2) is 6.50. The zero-order valence-electron chi connectivity index (χ0n) is 10.5. The van der Waals surface area contributed by atoms with Crippen molar-refractivity contribution in [3.8, 4) is 0 Å². The van der Waals surface area contributed by atoms with Gasteiger partial charge in [0.05, 0.1) is 6.04 Å². The van der Waals surface area contributed by atoms with Crippen LogP contribution in [0.25, 0.3) is 0 Å². The molecular weight excluding hydrogens is 220 g/mol. The van der Waals surface area contributed by atoms with Crippen molar-refractivity contribution < 1.29 is 4.79 Å². The molecule has 0 aromatic carbocycles. The van der Waals surface area contributed by atoms with Crippen LogP contribution in [0.2, 0.25) is 0 Å². The van der Waals surface area contributed by atoms with Crippen LogP contribution in [-0.4, -0.2) is 29.5 Å². The van der Waals surface area contributed by atoms with Gasteiger partial charge in [-0.1, -0.05) is 13.8 Å². The van der Waals surface area contributed by atoms with Crippen LogP contribution in [0.3, 0.4) is 0 Å². The van der Waals surface area contributed by atoms with Gasteiger partial charge in [-0.25, -0.2) is 0 Å². The van der Waals surface area contributed by atoms with E-state index in [-0.39, 0.29) is 17.9 Å². The number of carbonyl (C=O) groups excluding carboxylic acids is 1. The zero-order valence-corrected chi connectivity index (χ0v) is 11.3. The lowest BCUT2D eigenvalue weighted by molar-refractivity contribution is -0.124. The van der Waals surface area contributed by atoms with Crippen LogP contribution in [0.15, 0.2) is 0 Å². The first-order chi connectivity index (χ1) is 7.54. The third-order valence-corrected chi connectivity index (χ3v) is 4.51. The molecule has 3 N–H and O–H groups in total. The van der Waals surface area contributed by atoms with Gasteiger partial charge >= 0.3 is 0 Å². The molecule has 0 saturated heterocycles. The van der Waals surface area contributed by atoms with E-state index >= 15 is 0 Å². The third-order valence-electron chi connectivity index (χ3n) is 3.37. The second-order valence-corrected chi connectivity index (χ2v) is 6.13. The minimum atomic E-state index is -0.363. The van der Waals surface area contributed by atoms with Crippen LogP contribution in [0.4, 0.5) is 0 Å². The third kappa shape index (κ3) is 3.98. The van der Waals surface area contributed by atoms with E-state index in [9.17, 15) is 4.79 Å². The summed E-state index contributed by atoms with van der Waals surface area (Å²) in [6.45, 7) is 3.96. The molecule has 0 aliphatic heterocycles. The first kappa shape index (κ1) is 13.8. The van der Waals surface area contributed by atoms with E-state index in [1.807, 2.05) is 25.6 Å². The molecular formula is C12H24N2OS. The van der Waals surface area contributed by atoms with Gasteiger partial charge in [-0.15, -0.1) is 0 Å². The maximum Gasteiger partial charge on any atom is 0.237 e. The average Bonchev–Trinajstić information content (AvgIpc) is 2.28. The molecule has 0 spiro atoms. The largest absolute Gasteiger partial charge is 0.352 e. The van der Waals surface area contributed by atoms with Crippen LogP contribution >= 0.6 is 11.8 Å². The molecule has 16 heavy (non-hydrogen) atoms. The summed E-state index contributed by atoms with van der Waals surface area (Å²) in [6.07, 6.45) is 6.79. The Hall–Kier alpha value is -0.220. The standard InChI is InChI=1S/C12H24N2OS/c1-8(2)11(13)12(15)14-9-4-6-10(16-3)7-5-9/h8-11H,4-7,13H2,1-3H3,(H,14,15). The fourth-order valence-electron chi connectivity index (χ4n) is 2.04. The Bertz CT molecular complexity index is 225. The van der Waals surface area contributed by atoms with Crippen molar-refractivity contribution in [2.75, 3.05) is 6.26 Å². The van der Waals surface area contributed by atoms with E-state index in [1.54, 1.807) is 0 Å². The number of nitrogens with one attached hydrogen (secondary N) is 1. The second-order valence-electron chi connectivity index (χ2n) is 4.99. The first-order valence-corrected chi connectivity index (χ1v) is 7.42. The van der Waals surface area contributed by atoms with E-state index in [2.05, 4.69) is 11.6 Å². The maximum absolute atomic E-state index is 11.8. The van der Waals surface area contributed by atoms with E-state index in [0.717, 1.165) is 18.1 Å². The van der Waals surface area contributed by atoms with Gasteiger partial charge < -0.3 is 11.1 Å². The van der Waals surface area contributed by atoms with Crippen molar-refractivity contribution in [3.05, 3.63) is 0 Å². The minimum absolute atomic E-state index is 0.0163. The summed E-state index contributed by atoms with van der Waals surface area (Å²) in [5.41, 5.74) is 5.81. The number of hydrogen-bond donors (Lipinski definition) is 2. The molecule has 0 radical (unpaired) electrons. The molecule has 0 heterocycles. The molecule has 0 aromatic heterocycles. The highest BCUT2D eigenvalue weighted by atomic mass is 32.2. The number of rotatable bonds is 4. The molecule has 3 nitrogen and oxygen atoms in total. The molecule has 1 aliphatic carbocycles. The molecule has 1 aliphatic rings. The van der Waals surface area contributed by atoms with Gasteiger partial charge in [-0.05, 0) is 37.9 Å². The summed E-state index contributed by atoms with van der Waals surface area (Å²) >= 11 is 1.94. The Morgan fingerprint density at radius 1 is 1.31 bits per heavy atom. The molecule has 1 unspecified atom stereocenters. The van der Waals surface area contributed by atoms with Gasteiger partial charge in [0, 0.05) is 11.3 Å². The predicted octanol–water partition coefficient (Wildman–Crippen LogP) is 1.76. The molecule has 1 saturated carbocycles. The Balaban J connectivity index is 2.31. The van der Waals surface area contributed by atoms with Crippen LogP contribution in [0.5, 0.6) is 0 Å². The summed E-state index contributed by atoms with van der Waals surface area (Å²) in [5, 5.41) is 3.86. The molecule has 1 amide bonds. The van der Waals surface area contributed by atoms with Crippen molar-refractivity contribution in [1.29, 1.82) is 0 Å². The van der Waals surface area contributed by atoms with Crippen LogP contribution in [0.1, 0.15) is 39.5 Å². The number of nitrogens with two attached hydrogens (primary N) is 1. The highest BCUT2D eigenvalue weighted by molar-refractivity contribution is 7.99. The molecule has 94 valence electrons. The SMILES string of the molecule is CSC1CCC(NC(=O)C(N)C(C)C)CC1. The van der Waals surface area contributed by atoms with Crippen LogP contribution in [-0.2, 0) is 4.79 Å². The first-order valence-electron chi connectivity index (χ1n) is 6.13. The van der Waals surface area contributed by atoms with Crippen LogP contribution in [0, 0.1) is 5.92 Å². The highest BCUT2D eigenvalue weighted by Gasteiger charge is 2.24. The number of carbonyl (C=O) groups is 1. The fourth-order valence-corrected chi connectivity index (χ4v) is 2.79. The molecule has 1 atom stereocenters. The Morgan fingerprint density at radius 2 is 1.88 bits per heavy atom. The van der Waals surface area contributed by atoms with Crippen molar-refractivity contribution >= 4 is 17.7 Å². The highest BCUT2D eigenvalue weighted by Crippen LogP contribution is 2.26. The van der Waals surface area contributed by atoms with Crippen molar-refractivity contribution in [1.82, 2.24) is 5.32 Å². The van der Waals surface area contributed by atoms with Crippen molar-refractivity contribution in [2.45, 2.75) is 56.9 Å². The fraction of sp³-hybridized carbons (Fsp3) is 0.917. The normalized spacial score (nSPS) is 27.8. The van der Waals surface area contributed by atoms with Gasteiger partial charge in [-0.3, -0.25) is 4.79 Å². The summed E-state index contributed by atoms with van der Waals surface area (Å²) in [6, 6.07) is -0.0148. The van der Waals surface area contributed by atoms with Crippen molar-refractivity contribution in [2.24, 2.45) is 11.7 Å². The van der Waals surface area contributed by atoms with E-state index in [0.29, 0.717) is 6.04 Å². The number of thioether (sulfide) groups is 1. The molecule has 1 fully saturated rings. The monoisotopic (exact) mass is 244 g/mol. The Morgan fingerprint density at radius 3 is 2.31 bits per heavy atom. The van der Waals surface area contributed by atoms with Crippen LogP contribution < -0.4 is 11.1 Å². The summed E-state index contributed by atoms with van der Waals surface area (Å²) in [4.78, 5) is 11.8. The molecule has 4 heteroatoms. The maximum atomic E-state index is 11.8. The lowest BCUT2D eigenvalue weighted by atomic mass is 9.94. The topological polar surface area (TPSA) is 55.1 Å². The van der Waals surface area contributed by atoms with Gasteiger partial charge in [0.15, 0.2) is 0 Å². The molecule has 1 rings (SSSR count). The Kier molecular flexibility index (Phi) is 5.62. The van der Waals surface area contributed by atoms with Gasteiger partial charge in [-0.2, -0.15) is 11.8 Å². The van der Waals surface area contributed by atoms with E-state index in [4.69, 9.17) is 5.73 Å². The van der Waals surface area contributed by atoms with E-state index in [1.165, 1.54) is 12.8 Å². The predicted molar refractivity (Wildman–Crippen MR) is 70.5 cm³/mol. The van der Waals surface area contributed by atoms with E-state index < -0.39 is 0 Å². The smallest absolute Gasteiger partial charge is 0.237 e. The lowest BCUT2D eigenvalue weighted by Crippen LogP contribution is -2.48. The number of amides is 1. The number of hydrogen-bond acceptors (Lipinski definition) is 3. The zero-order chi connectivity index (χ0) is 12.1. The average molecular weight is 244 g/mol. The Labute approximate surface area is 103 Å². The van der Waals surface area contributed by atoms with Gasteiger partial charge in [0.1, 0.15) is 0 Å². The lowest BCUT2D eigenvalue weighted by Gasteiger charge is -2.29. The summed E-state index contributed by atoms with van der Waals surface area (Å²) < 4.78 is 0. The molecule has 0 aromatic rings.